The van der Waals surface area contributed by atoms with E-state index in [0.717, 1.165) is 13.2 Å². The van der Waals surface area contributed by atoms with Gasteiger partial charge in [0.05, 0.1) is 7.11 Å². The largest absolute Gasteiger partial charge is 0.463 e. The van der Waals surface area contributed by atoms with Crippen LogP contribution in [0.4, 0.5) is 0 Å². The summed E-state index contributed by atoms with van der Waals surface area (Å²) in [5.74, 6) is -1.55. The minimum Gasteiger partial charge on any atom is -0.463 e. The molecule has 0 radical (unpaired) electrons. The topological polar surface area (TPSA) is 60.4 Å². The fraction of sp³-hybridized carbons (Fsp3) is 0.286. The number of methoxy groups -OCH3 is 1. The van der Waals surface area contributed by atoms with E-state index in [1.165, 1.54) is 6.08 Å². The van der Waals surface area contributed by atoms with Gasteiger partial charge in [0.25, 0.3) is 0 Å². The zero-order chi connectivity index (χ0) is 8.69. The molecule has 0 saturated carbocycles. The predicted molar refractivity (Wildman–Crippen MR) is 36.8 cm³/mol. The molecule has 0 spiro atoms. The van der Waals surface area contributed by atoms with E-state index in [2.05, 4.69) is 4.74 Å². The summed E-state index contributed by atoms with van der Waals surface area (Å²) in [6, 6.07) is 0. The van der Waals surface area contributed by atoms with Gasteiger partial charge >= 0.3 is 5.97 Å². The van der Waals surface area contributed by atoms with Crippen molar-refractivity contribution in [3.05, 3.63) is 12.2 Å². The molecule has 0 aromatic heterocycles. The number of rotatable bonds is 4. The summed E-state index contributed by atoms with van der Waals surface area (Å²) in [4.78, 5) is 30.7. The number of hydrogen-bond acceptors (Lipinski definition) is 4. The summed E-state index contributed by atoms with van der Waals surface area (Å²) in [5.41, 5.74) is 0. The van der Waals surface area contributed by atoms with E-state index >= 15 is 0 Å². The maximum absolute atomic E-state index is 10.6. The highest BCUT2D eigenvalue weighted by Gasteiger charge is 2.10. The van der Waals surface area contributed by atoms with Crippen molar-refractivity contribution in [1.29, 1.82) is 0 Å². The van der Waals surface area contributed by atoms with Crippen molar-refractivity contribution < 1.29 is 19.1 Å². The van der Waals surface area contributed by atoms with Crippen LogP contribution in [0.15, 0.2) is 12.2 Å². The molecule has 0 fully saturated rings. The van der Waals surface area contributed by atoms with Crippen LogP contribution in [0, 0.1) is 0 Å². The molecule has 0 N–H and O–H groups in total. The lowest BCUT2D eigenvalue weighted by Gasteiger charge is -1.91. The molecule has 0 aromatic rings. The maximum Gasteiger partial charge on any atom is 0.374 e. The van der Waals surface area contributed by atoms with E-state index in [1.54, 1.807) is 0 Å². The van der Waals surface area contributed by atoms with Crippen LogP contribution in [0.5, 0.6) is 0 Å². The number of ketones is 1. The lowest BCUT2D eigenvalue weighted by molar-refractivity contribution is -0.151. The Morgan fingerprint density at radius 1 is 1.45 bits per heavy atom. The summed E-state index contributed by atoms with van der Waals surface area (Å²) in [7, 11) is 1.13. The molecular formula is C7H8O4. The van der Waals surface area contributed by atoms with Crippen molar-refractivity contribution in [3.8, 4) is 0 Å². The summed E-state index contributed by atoms with van der Waals surface area (Å²) in [6.07, 6.45) is 2.89. The molecule has 4 heteroatoms. The van der Waals surface area contributed by atoms with Gasteiger partial charge in [-0.05, 0) is 6.08 Å². The number of esters is 1. The van der Waals surface area contributed by atoms with E-state index in [0.29, 0.717) is 6.29 Å². The first-order valence-corrected chi connectivity index (χ1v) is 2.93. The Morgan fingerprint density at radius 3 is 2.55 bits per heavy atom. The van der Waals surface area contributed by atoms with Gasteiger partial charge in [-0.15, -0.1) is 0 Å². The molecule has 0 bridgehead atoms. The molecule has 0 rings (SSSR count). The fourth-order valence-electron chi connectivity index (χ4n) is 0.428. The first kappa shape index (κ1) is 9.55. The Hall–Kier alpha value is -1.45. The van der Waals surface area contributed by atoms with E-state index in [1.807, 2.05) is 0 Å². The monoisotopic (exact) mass is 156 g/mol. The highest BCUT2D eigenvalue weighted by atomic mass is 16.5. The van der Waals surface area contributed by atoms with E-state index in [-0.39, 0.29) is 6.42 Å². The van der Waals surface area contributed by atoms with Gasteiger partial charge in [-0.1, -0.05) is 6.08 Å². The summed E-state index contributed by atoms with van der Waals surface area (Å²) in [5, 5.41) is 0. The molecule has 60 valence electrons. The highest BCUT2D eigenvalue weighted by molar-refractivity contribution is 6.33. The average molecular weight is 156 g/mol. The Morgan fingerprint density at radius 2 is 2.09 bits per heavy atom. The lowest BCUT2D eigenvalue weighted by Crippen LogP contribution is -2.13. The number of carbonyl (C=O) groups excluding carboxylic acids is 3. The van der Waals surface area contributed by atoms with Crippen molar-refractivity contribution in [2.45, 2.75) is 6.42 Å². The second-order valence-electron chi connectivity index (χ2n) is 1.68. The maximum atomic E-state index is 10.6. The third-order valence-corrected chi connectivity index (χ3v) is 0.931. The SMILES string of the molecule is COC(=O)C(=O)C/C=C/C=O. The van der Waals surface area contributed by atoms with E-state index < -0.39 is 11.8 Å². The molecule has 0 unspecified atom stereocenters. The number of allylic oxidation sites excluding steroid dienone is 2. The van der Waals surface area contributed by atoms with Crippen LogP contribution in [0.25, 0.3) is 0 Å². The van der Waals surface area contributed by atoms with Crippen LogP contribution < -0.4 is 0 Å². The summed E-state index contributed by atoms with van der Waals surface area (Å²) >= 11 is 0. The Kier molecular flexibility index (Phi) is 4.64. The third-order valence-electron chi connectivity index (χ3n) is 0.931. The van der Waals surface area contributed by atoms with Crippen LogP contribution in [0.1, 0.15) is 6.42 Å². The van der Waals surface area contributed by atoms with Crippen LogP contribution >= 0.6 is 0 Å². The minimum absolute atomic E-state index is 0.0919. The Balaban J connectivity index is 3.78. The number of ether oxygens (including phenoxy) is 1. The Labute approximate surface area is 63.8 Å². The molecular weight excluding hydrogens is 148 g/mol. The van der Waals surface area contributed by atoms with Crippen molar-refractivity contribution in [2.75, 3.05) is 7.11 Å². The molecule has 0 aromatic carbocycles. The van der Waals surface area contributed by atoms with Gasteiger partial charge in [-0.3, -0.25) is 9.59 Å². The number of carbonyl (C=O) groups is 3. The quantitative estimate of drug-likeness (QED) is 0.246. The zero-order valence-electron chi connectivity index (χ0n) is 6.07. The molecule has 0 heterocycles. The van der Waals surface area contributed by atoms with Crippen molar-refractivity contribution in [1.82, 2.24) is 0 Å². The molecule has 11 heavy (non-hydrogen) atoms. The first-order valence-electron chi connectivity index (χ1n) is 2.93. The Bertz CT molecular complexity index is 193. The van der Waals surface area contributed by atoms with Gasteiger partial charge < -0.3 is 4.74 Å². The van der Waals surface area contributed by atoms with E-state index in [9.17, 15) is 14.4 Å². The van der Waals surface area contributed by atoms with Crippen molar-refractivity contribution in [2.24, 2.45) is 0 Å². The number of hydrogen-bond donors (Lipinski definition) is 0. The first-order chi connectivity index (χ1) is 5.22. The zero-order valence-corrected chi connectivity index (χ0v) is 6.07. The highest BCUT2D eigenvalue weighted by Crippen LogP contribution is 1.87. The van der Waals surface area contributed by atoms with E-state index in [4.69, 9.17) is 0 Å². The smallest absolute Gasteiger partial charge is 0.374 e. The van der Waals surface area contributed by atoms with Gasteiger partial charge in [-0.25, -0.2) is 4.79 Å². The van der Waals surface area contributed by atoms with Gasteiger partial charge in [0.2, 0.25) is 5.78 Å². The van der Waals surface area contributed by atoms with Gasteiger partial charge in [0.15, 0.2) is 0 Å². The predicted octanol–water partition coefficient (Wildman–Crippen LogP) is -0.126. The van der Waals surface area contributed by atoms with Crippen LogP contribution in [0.3, 0.4) is 0 Å². The van der Waals surface area contributed by atoms with Crippen LogP contribution in [-0.4, -0.2) is 25.1 Å². The summed E-state index contributed by atoms with van der Waals surface area (Å²) < 4.78 is 4.13. The second kappa shape index (κ2) is 5.34. The van der Waals surface area contributed by atoms with Crippen molar-refractivity contribution >= 4 is 18.0 Å². The second-order valence-corrected chi connectivity index (χ2v) is 1.68. The molecule has 4 nitrogen and oxygen atoms in total. The molecule has 0 aliphatic rings. The third kappa shape index (κ3) is 4.02. The lowest BCUT2D eigenvalue weighted by atomic mass is 10.3. The normalized spacial score (nSPS) is 9.55. The standard InChI is InChI=1S/C7H8O4/c1-11-7(10)6(9)4-2-3-5-8/h2-3,5H,4H2,1H3/b3-2+. The average Bonchev–Trinajstić information content (AvgIpc) is 2.03. The fourth-order valence-corrected chi connectivity index (χ4v) is 0.428. The number of Topliss-reactive ketones (excluding diaryl/α,β-unsaturated/α-hetero) is 1. The van der Waals surface area contributed by atoms with Crippen LogP contribution in [-0.2, 0) is 19.1 Å². The van der Waals surface area contributed by atoms with Crippen LogP contribution in [0.2, 0.25) is 0 Å². The minimum atomic E-state index is -0.888. The van der Waals surface area contributed by atoms with Gasteiger partial charge in [0.1, 0.15) is 6.29 Å². The molecule has 0 aliphatic carbocycles. The molecule has 0 saturated heterocycles. The van der Waals surface area contributed by atoms with Gasteiger partial charge in [-0.2, -0.15) is 0 Å². The van der Waals surface area contributed by atoms with Crippen molar-refractivity contribution in [3.63, 3.8) is 0 Å². The molecule has 0 aliphatic heterocycles. The van der Waals surface area contributed by atoms with Gasteiger partial charge in [0, 0.05) is 6.42 Å². The molecule has 0 atom stereocenters. The molecule has 0 amide bonds. The number of aldehydes is 1. The summed E-state index contributed by atoms with van der Waals surface area (Å²) in [6.45, 7) is 0.